The summed E-state index contributed by atoms with van der Waals surface area (Å²) in [7, 11) is 3.27. The van der Waals surface area contributed by atoms with Gasteiger partial charge in [-0.25, -0.2) is 4.98 Å². The number of rotatable bonds is 5. The number of nitrogens with zero attached hydrogens (tertiary/aromatic N) is 4. The first kappa shape index (κ1) is 21.1. The lowest BCUT2D eigenvalue weighted by Crippen LogP contribution is -2.33. The van der Waals surface area contributed by atoms with Crippen molar-refractivity contribution in [1.29, 1.82) is 0 Å². The van der Waals surface area contributed by atoms with Crippen LogP contribution in [0.2, 0.25) is 0 Å². The third-order valence-electron chi connectivity index (χ3n) is 5.46. The number of methoxy groups -OCH3 is 1. The fraction of sp³-hybridized carbons (Fsp3) is 0.381. The predicted molar refractivity (Wildman–Crippen MR) is 114 cm³/mol. The zero-order valence-electron chi connectivity index (χ0n) is 17.2. The lowest BCUT2D eigenvalue weighted by atomic mass is 9.99. The van der Waals surface area contributed by atoms with E-state index < -0.39 is 11.7 Å². The monoisotopic (exact) mass is 432 g/mol. The summed E-state index contributed by atoms with van der Waals surface area (Å²) in [6.07, 6.45) is -2.81. The van der Waals surface area contributed by atoms with Gasteiger partial charge in [-0.3, -0.25) is 0 Å². The number of hydrogen-bond acceptors (Lipinski definition) is 7. The number of hydrogen-bond donors (Lipinski definition) is 2. The highest BCUT2D eigenvalue weighted by Crippen LogP contribution is 2.43. The SMILES string of the molecule is CNc1nc(N)nc2nc(-c3c(N4CCCC4COC)cccc3C(F)(F)F)ccc12. The number of nitrogen functional groups attached to an aromatic ring is 1. The fourth-order valence-corrected chi connectivity index (χ4v) is 4.16. The highest BCUT2D eigenvalue weighted by Gasteiger charge is 2.37. The van der Waals surface area contributed by atoms with Crippen LogP contribution in [0.4, 0.5) is 30.6 Å². The highest BCUT2D eigenvalue weighted by molar-refractivity contribution is 5.91. The number of fused-ring (bicyclic) bond motifs is 1. The van der Waals surface area contributed by atoms with Crippen molar-refractivity contribution in [1.82, 2.24) is 15.0 Å². The summed E-state index contributed by atoms with van der Waals surface area (Å²) in [6.45, 7) is 1.09. The second-order valence-corrected chi connectivity index (χ2v) is 7.39. The minimum atomic E-state index is -4.54. The molecule has 31 heavy (non-hydrogen) atoms. The number of anilines is 3. The predicted octanol–water partition coefficient (Wildman–Crippen LogP) is 3.95. The molecule has 3 heterocycles. The minimum Gasteiger partial charge on any atom is -0.383 e. The summed E-state index contributed by atoms with van der Waals surface area (Å²) in [4.78, 5) is 14.7. The molecular weight excluding hydrogens is 409 g/mol. The summed E-state index contributed by atoms with van der Waals surface area (Å²) in [6, 6.07) is 7.46. The zero-order valence-corrected chi connectivity index (χ0v) is 17.2. The van der Waals surface area contributed by atoms with Crippen molar-refractivity contribution in [3.05, 3.63) is 35.9 Å². The maximum absolute atomic E-state index is 14.0. The van der Waals surface area contributed by atoms with Crippen molar-refractivity contribution in [2.45, 2.75) is 25.1 Å². The average molecular weight is 432 g/mol. The molecule has 3 N–H and O–H groups in total. The summed E-state index contributed by atoms with van der Waals surface area (Å²) in [5.74, 6) is 0.455. The van der Waals surface area contributed by atoms with Crippen LogP contribution in [-0.4, -0.2) is 48.3 Å². The maximum Gasteiger partial charge on any atom is 0.417 e. The molecule has 1 saturated heterocycles. The summed E-state index contributed by atoms with van der Waals surface area (Å²) in [5.41, 5.74) is 5.95. The molecule has 1 unspecified atom stereocenters. The van der Waals surface area contributed by atoms with E-state index in [9.17, 15) is 13.2 Å². The van der Waals surface area contributed by atoms with E-state index in [1.165, 1.54) is 6.07 Å². The van der Waals surface area contributed by atoms with Gasteiger partial charge in [0.2, 0.25) is 5.95 Å². The number of halogens is 3. The van der Waals surface area contributed by atoms with Crippen molar-refractivity contribution < 1.29 is 17.9 Å². The Bertz CT molecular complexity index is 1100. The molecule has 0 bridgehead atoms. The first-order valence-corrected chi connectivity index (χ1v) is 9.91. The Balaban J connectivity index is 1.94. The maximum atomic E-state index is 14.0. The number of aromatic nitrogens is 3. The van der Waals surface area contributed by atoms with Crippen LogP contribution in [0, 0.1) is 0 Å². The van der Waals surface area contributed by atoms with Crippen molar-refractivity contribution in [2.24, 2.45) is 0 Å². The van der Waals surface area contributed by atoms with Crippen LogP contribution in [0.25, 0.3) is 22.3 Å². The molecule has 3 aromatic rings. The van der Waals surface area contributed by atoms with Gasteiger partial charge in [-0.05, 0) is 37.1 Å². The Hall–Kier alpha value is -3.14. The van der Waals surface area contributed by atoms with Crippen LogP contribution in [0.1, 0.15) is 18.4 Å². The third kappa shape index (κ3) is 3.95. The largest absolute Gasteiger partial charge is 0.417 e. The van der Waals surface area contributed by atoms with E-state index in [0.717, 1.165) is 18.9 Å². The van der Waals surface area contributed by atoms with Gasteiger partial charge in [0.1, 0.15) is 5.82 Å². The van der Waals surface area contributed by atoms with Crippen molar-refractivity contribution in [3.63, 3.8) is 0 Å². The van der Waals surface area contributed by atoms with Crippen molar-refractivity contribution >= 4 is 28.5 Å². The summed E-state index contributed by atoms with van der Waals surface area (Å²) >= 11 is 0. The Morgan fingerprint density at radius 2 is 2.00 bits per heavy atom. The first-order valence-electron chi connectivity index (χ1n) is 9.91. The summed E-state index contributed by atoms with van der Waals surface area (Å²) < 4.78 is 47.3. The van der Waals surface area contributed by atoms with Gasteiger partial charge in [0, 0.05) is 32.0 Å². The second-order valence-electron chi connectivity index (χ2n) is 7.39. The molecule has 0 spiro atoms. The standard InChI is InChI=1S/C21H23F3N6O/c1-26-18-13-8-9-15(27-19(13)29-20(25)28-18)17-14(21(22,23)24)6-3-7-16(17)30-10-4-5-12(30)11-31-2/h3,6-9,12H,4-5,10-11H2,1-2H3,(H3,25,26,27,28,29). The molecule has 1 atom stereocenters. The molecule has 7 nitrogen and oxygen atoms in total. The molecule has 0 aliphatic carbocycles. The van der Waals surface area contributed by atoms with E-state index in [2.05, 4.69) is 20.3 Å². The van der Waals surface area contributed by atoms with Gasteiger partial charge >= 0.3 is 6.18 Å². The Labute approximate surface area is 177 Å². The number of ether oxygens (including phenoxy) is 1. The molecule has 0 radical (unpaired) electrons. The van der Waals surface area contributed by atoms with Gasteiger partial charge in [-0.1, -0.05) is 6.07 Å². The lowest BCUT2D eigenvalue weighted by Gasteiger charge is -2.29. The van der Waals surface area contributed by atoms with Crippen LogP contribution in [0.5, 0.6) is 0 Å². The zero-order chi connectivity index (χ0) is 22.2. The van der Waals surface area contributed by atoms with Gasteiger partial charge < -0.3 is 20.7 Å². The van der Waals surface area contributed by atoms with E-state index in [0.29, 0.717) is 30.0 Å². The number of pyridine rings is 1. The fourth-order valence-electron chi connectivity index (χ4n) is 4.16. The van der Waals surface area contributed by atoms with Gasteiger partial charge in [0.05, 0.1) is 29.3 Å². The summed E-state index contributed by atoms with van der Waals surface area (Å²) in [5, 5.41) is 3.48. The molecule has 1 aliphatic rings. The van der Waals surface area contributed by atoms with Crippen molar-refractivity contribution in [3.8, 4) is 11.3 Å². The van der Waals surface area contributed by atoms with Crippen LogP contribution < -0.4 is 16.0 Å². The van der Waals surface area contributed by atoms with Crippen LogP contribution >= 0.6 is 0 Å². The van der Waals surface area contributed by atoms with Crippen molar-refractivity contribution in [2.75, 3.05) is 43.3 Å². The Morgan fingerprint density at radius 1 is 1.19 bits per heavy atom. The van der Waals surface area contributed by atoms with E-state index in [4.69, 9.17) is 10.5 Å². The molecule has 4 rings (SSSR count). The molecule has 1 fully saturated rings. The molecule has 1 aromatic carbocycles. The molecule has 10 heteroatoms. The highest BCUT2D eigenvalue weighted by atomic mass is 19.4. The second kappa shape index (κ2) is 8.18. The smallest absolute Gasteiger partial charge is 0.383 e. The van der Waals surface area contributed by atoms with Crippen LogP contribution in [-0.2, 0) is 10.9 Å². The Morgan fingerprint density at radius 3 is 2.71 bits per heavy atom. The van der Waals surface area contributed by atoms with Gasteiger partial charge in [-0.15, -0.1) is 0 Å². The van der Waals surface area contributed by atoms with Crippen LogP contribution in [0.3, 0.4) is 0 Å². The molecule has 0 saturated carbocycles. The van der Waals surface area contributed by atoms with Gasteiger partial charge in [0.25, 0.3) is 0 Å². The van der Waals surface area contributed by atoms with Crippen LogP contribution in [0.15, 0.2) is 30.3 Å². The number of nitrogens with two attached hydrogens (primary N) is 1. The molecule has 164 valence electrons. The molecule has 1 aliphatic heterocycles. The third-order valence-corrected chi connectivity index (χ3v) is 5.46. The van der Waals surface area contributed by atoms with E-state index in [1.54, 1.807) is 32.4 Å². The van der Waals surface area contributed by atoms with E-state index >= 15 is 0 Å². The number of benzene rings is 1. The minimum absolute atomic E-state index is 0.00144. The normalized spacial score (nSPS) is 16.8. The molecule has 0 amide bonds. The van der Waals surface area contributed by atoms with Gasteiger partial charge in [-0.2, -0.15) is 23.1 Å². The molecular formula is C21H23F3N6O. The van der Waals surface area contributed by atoms with E-state index in [-0.39, 0.29) is 28.9 Å². The topological polar surface area (TPSA) is 89.2 Å². The Kier molecular flexibility index (Phi) is 5.57. The first-order chi connectivity index (χ1) is 14.8. The lowest BCUT2D eigenvalue weighted by molar-refractivity contribution is -0.137. The number of alkyl halides is 3. The van der Waals surface area contributed by atoms with Gasteiger partial charge in [0.15, 0.2) is 5.65 Å². The molecule has 2 aromatic heterocycles. The average Bonchev–Trinajstić information content (AvgIpc) is 3.19. The quantitative estimate of drug-likeness (QED) is 0.631. The number of nitrogens with one attached hydrogen (secondary N) is 1. The van der Waals surface area contributed by atoms with E-state index in [1.807, 2.05) is 4.90 Å².